The summed E-state index contributed by atoms with van der Waals surface area (Å²) in [7, 11) is -1.50. The van der Waals surface area contributed by atoms with Crippen molar-refractivity contribution >= 4 is 30.0 Å². The van der Waals surface area contributed by atoms with E-state index in [4.69, 9.17) is 10.3 Å². The molecule has 0 saturated carbocycles. The number of nitrogens with two attached hydrogens (primary N) is 1. The summed E-state index contributed by atoms with van der Waals surface area (Å²) < 4.78 is 5.46. The predicted molar refractivity (Wildman–Crippen MR) is 79.0 cm³/mol. The normalized spacial score (nSPS) is 12.2. The van der Waals surface area contributed by atoms with Crippen molar-refractivity contribution in [1.29, 1.82) is 0 Å². The highest BCUT2D eigenvalue weighted by atomic mass is 28.3. The fourth-order valence-electron chi connectivity index (χ4n) is 1.97. The van der Waals surface area contributed by atoms with Gasteiger partial charge in [0.05, 0.1) is 5.52 Å². The van der Waals surface area contributed by atoms with E-state index in [1.165, 1.54) is 0 Å². The molecule has 0 amide bonds. The van der Waals surface area contributed by atoms with Crippen molar-refractivity contribution in [3.8, 4) is 11.4 Å². The number of hydrogen-bond acceptors (Lipinski definition) is 4. The molecule has 0 spiro atoms. The molecule has 0 atom stereocenters. The Balaban J connectivity index is 2.14. The van der Waals surface area contributed by atoms with E-state index in [-0.39, 0.29) is 0 Å². The van der Waals surface area contributed by atoms with Gasteiger partial charge in [0, 0.05) is 17.1 Å². The van der Waals surface area contributed by atoms with Crippen LogP contribution in [0.2, 0.25) is 19.6 Å². The fraction of sp³-hybridized carbons (Fsp3) is 0.231. The van der Waals surface area contributed by atoms with Crippen LogP contribution in [0.1, 0.15) is 0 Å². The van der Waals surface area contributed by atoms with Crippen molar-refractivity contribution in [3.63, 3.8) is 0 Å². The van der Waals surface area contributed by atoms with E-state index in [1.807, 2.05) is 24.3 Å². The predicted octanol–water partition coefficient (Wildman–Crippen LogP) is 2.35. The molecule has 3 rings (SSSR count). The maximum atomic E-state index is 5.83. The fourth-order valence-corrected chi connectivity index (χ4v) is 2.86. The van der Waals surface area contributed by atoms with Gasteiger partial charge in [-0.1, -0.05) is 24.8 Å². The van der Waals surface area contributed by atoms with Crippen molar-refractivity contribution in [3.05, 3.63) is 24.3 Å². The maximum absolute atomic E-state index is 5.83. The van der Waals surface area contributed by atoms with Gasteiger partial charge in [0.1, 0.15) is 24.8 Å². The first-order valence-electron chi connectivity index (χ1n) is 6.16. The number of rotatable bonds is 2. The molecule has 1 aromatic carbocycles. The lowest BCUT2D eigenvalue weighted by atomic mass is 10.1. The van der Waals surface area contributed by atoms with Crippen LogP contribution in [-0.2, 0) is 0 Å². The minimum Gasteiger partial charge on any atom is -0.399 e. The Bertz CT molecular complexity index is 739. The Labute approximate surface area is 111 Å². The summed E-state index contributed by atoms with van der Waals surface area (Å²) in [5.74, 6) is 0. The SMILES string of the molecule is C[Si](C)(C)c1cc(-c2n[nH]c3ccc(N)cc23)no1. The molecule has 0 aliphatic carbocycles. The molecule has 2 heterocycles. The Morgan fingerprint density at radius 1 is 1.21 bits per heavy atom. The maximum Gasteiger partial charge on any atom is 0.134 e. The first-order chi connectivity index (χ1) is 8.95. The van der Waals surface area contributed by atoms with E-state index in [0.717, 1.165) is 27.7 Å². The van der Waals surface area contributed by atoms with E-state index in [2.05, 4.69) is 35.0 Å². The molecule has 98 valence electrons. The van der Waals surface area contributed by atoms with Crippen LogP contribution >= 0.6 is 0 Å². The lowest BCUT2D eigenvalue weighted by Crippen LogP contribution is -2.36. The molecule has 0 bridgehead atoms. The Morgan fingerprint density at radius 3 is 2.68 bits per heavy atom. The molecule has 6 heteroatoms. The zero-order chi connectivity index (χ0) is 13.6. The summed E-state index contributed by atoms with van der Waals surface area (Å²) in [6.45, 7) is 6.66. The van der Waals surface area contributed by atoms with Gasteiger partial charge in [-0.15, -0.1) is 0 Å². The van der Waals surface area contributed by atoms with Crippen LogP contribution in [0.5, 0.6) is 0 Å². The third-order valence-corrected chi connectivity index (χ3v) is 4.79. The second kappa shape index (κ2) is 3.96. The summed E-state index contributed by atoms with van der Waals surface area (Å²) in [4.78, 5) is 0. The first-order valence-corrected chi connectivity index (χ1v) is 9.66. The quantitative estimate of drug-likeness (QED) is 0.554. The van der Waals surface area contributed by atoms with Crippen LogP contribution in [0.15, 0.2) is 28.8 Å². The molecule has 0 aliphatic rings. The van der Waals surface area contributed by atoms with Crippen LogP contribution in [-0.4, -0.2) is 23.4 Å². The number of nitrogens with one attached hydrogen (secondary N) is 1. The standard InChI is InChI=1S/C13H16N4OSi/c1-19(2,3)12-7-11(17-18-12)13-9-6-8(14)4-5-10(9)15-16-13/h4-7H,14H2,1-3H3,(H,15,16). The summed E-state index contributed by atoms with van der Waals surface area (Å²) in [5, 5.41) is 13.4. The summed E-state index contributed by atoms with van der Waals surface area (Å²) in [6.07, 6.45) is 0. The smallest absolute Gasteiger partial charge is 0.134 e. The molecule has 0 radical (unpaired) electrons. The average molecular weight is 272 g/mol. The molecule has 3 aromatic rings. The van der Waals surface area contributed by atoms with Crippen LogP contribution in [0.25, 0.3) is 22.3 Å². The van der Waals surface area contributed by atoms with Crippen molar-refractivity contribution in [2.45, 2.75) is 19.6 Å². The number of nitrogen functional groups attached to an aromatic ring is 1. The Kier molecular flexibility index (Phi) is 2.49. The lowest BCUT2D eigenvalue weighted by Gasteiger charge is -2.08. The zero-order valence-corrected chi connectivity index (χ0v) is 12.2. The second-order valence-corrected chi connectivity index (χ2v) is 10.7. The second-order valence-electron chi connectivity index (χ2n) is 5.70. The minimum absolute atomic E-state index is 0.712. The molecule has 0 fully saturated rings. The molecule has 0 unspecified atom stereocenters. The summed E-state index contributed by atoms with van der Waals surface area (Å²) in [5.41, 5.74) is 9.03. The molecule has 5 nitrogen and oxygen atoms in total. The van der Waals surface area contributed by atoms with Crippen molar-refractivity contribution in [2.24, 2.45) is 0 Å². The van der Waals surface area contributed by atoms with E-state index >= 15 is 0 Å². The highest BCUT2D eigenvalue weighted by Crippen LogP contribution is 2.26. The van der Waals surface area contributed by atoms with E-state index < -0.39 is 8.07 Å². The third-order valence-electron chi connectivity index (χ3n) is 3.08. The first kappa shape index (κ1) is 12.0. The monoisotopic (exact) mass is 272 g/mol. The number of hydrogen-bond donors (Lipinski definition) is 2. The highest BCUT2D eigenvalue weighted by molar-refractivity contribution is 6.87. The summed E-state index contributed by atoms with van der Waals surface area (Å²) >= 11 is 0. The van der Waals surface area contributed by atoms with Crippen LogP contribution in [0.4, 0.5) is 5.69 Å². The molecule has 2 aromatic heterocycles. The number of nitrogens with zero attached hydrogens (tertiary/aromatic N) is 2. The van der Waals surface area contributed by atoms with E-state index in [0.29, 0.717) is 5.69 Å². The van der Waals surface area contributed by atoms with Gasteiger partial charge in [-0.05, 0) is 18.2 Å². The van der Waals surface area contributed by atoms with Gasteiger partial charge in [0.15, 0.2) is 0 Å². The Morgan fingerprint density at radius 2 is 2.00 bits per heavy atom. The van der Waals surface area contributed by atoms with Gasteiger partial charge in [0.2, 0.25) is 0 Å². The van der Waals surface area contributed by atoms with E-state index in [9.17, 15) is 0 Å². The Hall–Kier alpha value is -2.08. The van der Waals surface area contributed by atoms with Gasteiger partial charge >= 0.3 is 0 Å². The number of benzene rings is 1. The number of aromatic nitrogens is 3. The molecular formula is C13H16N4OSi. The summed E-state index contributed by atoms with van der Waals surface area (Å²) in [6, 6.07) is 7.66. The molecule has 0 aliphatic heterocycles. The van der Waals surface area contributed by atoms with Crippen LogP contribution < -0.4 is 11.1 Å². The number of fused-ring (bicyclic) bond motifs is 1. The third kappa shape index (κ3) is 2.04. The average Bonchev–Trinajstić information content (AvgIpc) is 2.92. The molecule has 0 saturated heterocycles. The minimum atomic E-state index is -1.50. The van der Waals surface area contributed by atoms with Gasteiger partial charge in [-0.25, -0.2) is 0 Å². The van der Waals surface area contributed by atoms with Gasteiger partial charge in [0.25, 0.3) is 0 Å². The number of H-pyrrole nitrogens is 1. The topological polar surface area (TPSA) is 80.7 Å². The molecule has 3 N–H and O–H groups in total. The van der Waals surface area contributed by atoms with Crippen molar-refractivity contribution in [2.75, 3.05) is 5.73 Å². The number of aromatic amines is 1. The van der Waals surface area contributed by atoms with Gasteiger partial charge in [-0.3, -0.25) is 5.10 Å². The molecule has 19 heavy (non-hydrogen) atoms. The van der Waals surface area contributed by atoms with Gasteiger partial charge < -0.3 is 10.3 Å². The number of anilines is 1. The van der Waals surface area contributed by atoms with Crippen molar-refractivity contribution in [1.82, 2.24) is 15.4 Å². The zero-order valence-electron chi connectivity index (χ0n) is 11.2. The lowest BCUT2D eigenvalue weighted by molar-refractivity contribution is 0.446. The van der Waals surface area contributed by atoms with E-state index in [1.54, 1.807) is 0 Å². The largest absolute Gasteiger partial charge is 0.399 e. The van der Waals surface area contributed by atoms with Crippen LogP contribution in [0, 0.1) is 0 Å². The van der Waals surface area contributed by atoms with Crippen LogP contribution in [0.3, 0.4) is 0 Å². The highest BCUT2D eigenvalue weighted by Gasteiger charge is 2.23. The molecular weight excluding hydrogens is 256 g/mol. The van der Waals surface area contributed by atoms with Crippen molar-refractivity contribution < 1.29 is 4.52 Å². The van der Waals surface area contributed by atoms with Gasteiger partial charge in [-0.2, -0.15) is 5.10 Å².